The lowest BCUT2D eigenvalue weighted by atomic mass is 10.1. The van der Waals surface area contributed by atoms with Gasteiger partial charge in [0.15, 0.2) is 0 Å². The second kappa shape index (κ2) is 16.3. The maximum Gasteiger partial charge on any atom is 0.262 e. The first kappa shape index (κ1) is 35.1. The van der Waals surface area contributed by atoms with Crippen molar-refractivity contribution in [2.75, 3.05) is 61.3 Å². The number of benzene rings is 3. The molecule has 3 aromatic carbocycles. The summed E-state index contributed by atoms with van der Waals surface area (Å²) in [7, 11) is 0. The number of ether oxygens (including phenoxy) is 1. The first-order valence-corrected chi connectivity index (χ1v) is 17.3. The van der Waals surface area contributed by atoms with Gasteiger partial charge in [0.1, 0.15) is 11.3 Å². The lowest BCUT2D eigenvalue weighted by Gasteiger charge is -2.38. The molecule has 4 aromatic rings. The van der Waals surface area contributed by atoms with Crippen LogP contribution in [0.4, 0.5) is 23.0 Å². The number of carbonyl (C=O) groups excluding carboxylic acids is 1. The van der Waals surface area contributed by atoms with Gasteiger partial charge in [-0.1, -0.05) is 49.7 Å². The standard InChI is InChI=1S/C38H48ClN7O2/c1-7-44(8-2)19-18-29-12-17-34(33(39)24-29)48-37-32(36(47)42-35-27(5)10-9-11-28(35)6)25-40-38(43-37)41-30-13-15-31(16-14-30)46-22-20-45(21-23-46)26(3)4/h9-17,24-26H,7-8,18-23H2,1-6H3,(H,42,47)(H,40,41,43). The Morgan fingerprint density at radius 3 is 2.29 bits per heavy atom. The van der Waals surface area contributed by atoms with Crippen LogP contribution in [0.25, 0.3) is 0 Å². The largest absolute Gasteiger partial charge is 0.436 e. The van der Waals surface area contributed by atoms with Gasteiger partial charge < -0.3 is 25.2 Å². The number of carbonyl (C=O) groups is 1. The van der Waals surface area contributed by atoms with E-state index in [1.165, 1.54) is 11.9 Å². The maximum atomic E-state index is 13.7. The van der Waals surface area contributed by atoms with Crippen molar-refractivity contribution >= 4 is 40.5 Å². The second-order valence-corrected chi connectivity index (χ2v) is 13.0. The summed E-state index contributed by atoms with van der Waals surface area (Å²) in [6.07, 6.45) is 2.36. The van der Waals surface area contributed by atoms with E-state index in [0.717, 1.165) is 80.3 Å². The van der Waals surface area contributed by atoms with Crippen LogP contribution in [0.1, 0.15) is 54.7 Å². The van der Waals surface area contributed by atoms with Crippen LogP contribution in [0.5, 0.6) is 11.6 Å². The highest BCUT2D eigenvalue weighted by molar-refractivity contribution is 6.32. The zero-order chi connectivity index (χ0) is 34.2. The molecule has 0 spiro atoms. The Hall–Kier alpha value is -4.18. The number of halogens is 1. The number of hydrogen-bond donors (Lipinski definition) is 2. The molecule has 9 nitrogen and oxygen atoms in total. The topological polar surface area (TPSA) is 85.9 Å². The summed E-state index contributed by atoms with van der Waals surface area (Å²) in [5.41, 5.74) is 5.98. The maximum absolute atomic E-state index is 13.7. The van der Waals surface area contributed by atoms with Gasteiger partial charge in [-0.15, -0.1) is 0 Å². The molecule has 0 saturated carbocycles. The van der Waals surface area contributed by atoms with Crippen molar-refractivity contribution < 1.29 is 9.53 Å². The molecule has 0 bridgehead atoms. The lowest BCUT2D eigenvalue weighted by molar-refractivity contribution is 0.102. The quantitative estimate of drug-likeness (QED) is 0.148. The number of nitrogens with one attached hydrogen (secondary N) is 2. The Labute approximate surface area is 290 Å². The summed E-state index contributed by atoms with van der Waals surface area (Å²) in [6.45, 7) is 19.8. The zero-order valence-corrected chi connectivity index (χ0v) is 29.8. The smallest absolute Gasteiger partial charge is 0.262 e. The third-order valence-corrected chi connectivity index (χ3v) is 9.36. The van der Waals surface area contributed by atoms with Crippen LogP contribution in [0.3, 0.4) is 0 Å². The van der Waals surface area contributed by atoms with Crippen LogP contribution in [0.2, 0.25) is 5.02 Å². The van der Waals surface area contributed by atoms with E-state index in [9.17, 15) is 4.79 Å². The van der Waals surface area contributed by atoms with Crippen molar-refractivity contribution in [2.45, 2.75) is 54.0 Å². The number of nitrogens with zero attached hydrogens (tertiary/aromatic N) is 5. The molecule has 48 heavy (non-hydrogen) atoms. The highest BCUT2D eigenvalue weighted by atomic mass is 35.5. The van der Waals surface area contributed by atoms with Crippen LogP contribution in [-0.4, -0.2) is 77.5 Å². The third kappa shape index (κ3) is 8.83. The molecule has 2 heterocycles. The number of aromatic nitrogens is 2. The number of para-hydroxylation sites is 1. The molecule has 0 atom stereocenters. The molecule has 10 heteroatoms. The van der Waals surface area contributed by atoms with Crippen molar-refractivity contribution in [3.05, 3.63) is 94.1 Å². The summed E-state index contributed by atoms with van der Waals surface area (Å²) in [5, 5.41) is 6.76. The fraction of sp³-hybridized carbons (Fsp3) is 0.395. The number of amides is 1. The van der Waals surface area contributed by atoms with Gasteiger partial charge in [-0.25, -0.2) is 4.98 Å². The first-order valence-electron chi connectivity index (χ1n) is 16.9. The van der Waals surface area contributed by atoms with E-state index in [1.54, 1.807) is 0 Å². The molecule has 2 N–H and O–H groups in total. The Bertz CT molecular complexity index is 1660. The molecule has 1 amide bonds. The zero-order valence-electron chi connectivity index (χ0n) is 29.0. The summed E-state index contributed by atoms with van der Waals surface area (Å²) in [5.74, 6) is 0.450. The average Bonchev–Trinajstić information content (AvgIpc) is 3.08. The van der Waals surface area contributed by atoms with E-state index in [4.69, 9.17) is 16.3 Å². The number of aryl methyl sites for hydroxylation is 2. The van der Waals surface area contributed by atoms with Crippen molar-refractivity contribution in [3.8, 4) is 11.6 Å². The van der Waals surface area contributed by atoms with E-state index >= 15 is 0 Å². The van der Waals surface area contributed by atoms with Gasteiger partial charge in [0, 0.05) is 62.0 Å². The van der Waals surface area contributed by atoms with E-state index in [2.05, 4.69) is 75.1 Å². The Kier molecular flexibility index (Phi) is 11.9. The summed E-state index contributed by atoms with van der Waals surface area (Å²) in [4.78, 5) is 30.1. The minimum absolute atomic E-state index is 0.105. The van der Waals surface area contributed by atoms with Gasteiger partial charge >= 0.3 is 0 Å². The molecule has 1 aliphatic rings. The SMILES string of the molecule is CCN(CC)CCc1ccc(Oc2nc(Nc3ccc(N4CCN(C(C)C)CC4)cc3)ncc2C(=O)Nc2c(C)cccc2C)c(Cl)c1. The van der Waals surface area contributed by atoms with Crippen LogP contribution in [0, 0.1) is 13.8 Å². The Morgan fingerprint density at radius 1 is 0.979 bits per heavy atom. The molecular formula is C38H48ClN7O2. The van der Waals surface area contributed by atoms with Crippen molar-refractivity contribution in [3.63, 3.8) is 0 Å². The third-order valence-electron chi connectivity index (χ3n) is 9.07. The minimum atomic E-state index is -0.372. The molecule has 254 valence electrons. The van der Waals surface area contributed by atoms with Crippen LogP contribution >= 0.6 is 11.6 Å². The average molecular weight is 670 g/mol. The molecule has 1 saturated heterocycles. The number of anilines is 4. The Morgan fingerprint density at radius 2 is 1.67 bits per heavy atom. The monoisotopic (exact) mass is 669 g/mol. The van der Waals surface area contributed by atoms with Gasteiger partial charge in [0.25, 0.3) is 5.91 Å². The van der Waals surface area contributed by atoms with E-state index in [0.29, 0.717) is 22.8 Å². The van der Waals surface area contributed by atoms with E-state index in [-0.39, 0.29) is 17.4 Å². The molecule has 1 fully saturated rings. The highest BCUT2D eigenvalue weighted by Gasteiger charge is 2.21. The Balaban J connectivity index is 1.37. The molecule has 1 aromatic heterocycles. The van der Waals surface area contributed by atoms with Crippen LogP contribution in [0.15, 0.2) is 66.9 Å². The van der Waals surface area contributed by atoms with Gasteiger partial charge in [-0.3, -0.25) is 9.69 Å². The van der Waals surface area contributed by atoms with Crippen LogP contribution in [-0.2, 0) is 6.42 Å². The highest BCUT2D eigenvalue weighted by Crippen LogP contribution is 2.33. The number of piperazine rings is 1. The van der Waals surface area contributed by atoms with E-state index in [1.807, 2.05) is 62.4 Å². The lowest BCUT2D eigenvalue weighted by Crippen LogP contribution is -2.48. The van der Waals surface area contributed by atoms with Crippen LogP contribution < -0.4 is 20.3 Å². The normalized spacial score (nSPS) is 13.6. The fourth-order valence-electron chi connectivity index (χ4n) is 5.95. The van der Waals surface area contributed by atoms with Gasteiger partial charge in [0.05, 0.1) is 5.02 Å². The first-order chi connectivity index (χ1) is 23.1. The van der Waals surface area contributed by atoms with Gasteiger partial charge in [0.2, 0.25) is 11.8 Å². The summed E-state index contributed by atoms with van der Waals surface area (Å²) < 4.78 is 6.28. The predicted molar refractivity (Wildman–Crippen MR) is 198 cm³/mol. The molecule has 0 aliphatic carbocycles. The molecular weight excluding hydrogens is 622 g/mol. The minimum Gasteiger partial charge on any atom is -0.436 e. The fourth-order valence-corrected chi connectivity index (χ4v) is 6.19. The molecule has 0 unspecified atom stereocenters. The summed E-state index contributed by atoms with van der Waals surface area (Å²) >= 11 is 6.73. The van der Waals surface area contributed by atoms with Crippen molar-refractivity contribution in [1.82, 2.24) is 19.8 Å². The van der Waals surface area contributed by atoms with Crippen molar-refractivity contribution in [1.29, 1.82) is 0 Å². The van der Waals surface area contributed by atoms with Gasteiger partial charge in [-0.05, 0) is 100 Å². The van der Waals surface area contributed by atoms with Gasteiger partial charge in [-0.2, -0.15) is 4.98 Å². The number of likely N-dealkylation sites (N-methyl/N-ethyl adjacent to an activating group) is 1. The number of rotatable bonds is 13. The second-order valence-electron chi connectivity index (χ2n) is 12.6. The van der Waals surface area contributed by atoms with E-state index < -0.39 is 0 Å². The predicted octanol–water partition coefficient (Wildman–Crippen LogP) is 7.95. The summed E-state index contributed by atoms with van der Waals surface area (Å²) in [6, 6.07) is 20.5. The molecule has 1 aliphatic heterocycles. The molecule has 0 radical (unpaired) electrons. The molecule has 5 rings (SSSR count). The van der Waals surface area contributed by atoms with Crippen molar-refractivity contribution in [2.24, 2.45) is 0 Å². The number of hydrogen-bond acceptors (Lipinski definition) is 8.